The van der Waals surface area contributed by atoms with Crippen molar-refractivity contribution >= 4 is 22.7 Å². The number of anilines is 2. The molecule has 3 rings (SSSR count). The molecule has 20 heavy (non-hydrogen) atoms. The molecule has 0 aromatic carbocycles. The normalized spacial score (nSPS) is 10.7. The molecule has 3 heterocycles. The van der Waals surface area contributed by atoms with E-state index in [0.29, 0.717) is 18.0 Å². The third kappa shape index (κ3) is 2.33. The summed E-state index contributed by atoms with van der Waals surface area (Å²) in [5.41, 5.74) is 7.12. The second kappa shape index (κ2) is 5.04. The van der Waals surface area contributed by atoms with E-state index < -0.39 is 0 Å². The van der Waals surface area contributed by atoms with Crippen LogP contribution in [0.4, 0.5) is 11.6 Å². The predicted molar refractivity (Wildman–Crippen MR) is 75.9 cm³/mol. The fourth-order valence-electron chi connectivity index (χ4n) is 1.98. The third-order valence-corrected chi connectivity index (χ3v) is 2.87. The van der Waals surface area contributed by atoms with Crippen molar-refractivity contribution in [2.24, 2.45) is 0 Å². The molecule has 0 aliphatic rings. The molecule has 0 saturated carbocycles. The molecule has 0 bridgehead atoms. The lowest BCUT2D eigenvalue weighted by atomic mass is 10.3. The van der Waals surface area contributed by atoms with Gasteiger partial charge in [-0.25, -0.2) is 15.0 Å². The molecular weight excluding hydrogens is 254 g/mol. The van der Waals surface area contributed by atoms with E-state index >= 15 is 0 Å². The van der Waals surface area contributed by atoms with Gasteiger partial charge in [-0.3, -0.25) is 9.97 Å². The van der Waals surface area contributed by atoms with Crippen LogP contribution in [0.2, 0.25) is 0 Å². The number of rotatable bonds is 3. The van der Waals surface area contributed by atoms with Crippen LogP contribution in [0.15, 0.2) is 37.1 Å². The standard InChI is InChI=1S/C13H13N7/c1-20(7-9-6-15-4-5-16-9)13-10-2-3-11(14)19-12(10)17-8-18-13/h2-6,8H,7H2,1H3,(H2,14,17,18,19). The first-order valence-corrected chi connectivity index (χ1v) is 6.07. The van der Waals surface area contributed by atoms with Crippen molar-refractivity contribution in [1.82, 2.24) is 24.9 Å². The molecule has 7 nitrogen and oxygen atoms in total. The lowest BCUT2D eigenvalue weighted by molar-refractivity contribution is 0.857. The molecule has 7 heteroatoms. The monoisotopic (exact) mass is 267 g/mol. The Kier molecular flexibility index (Phi) is 3.08. The van der Waals surface area contributed by atoms with Crippen LogP contribution in [0.5, 0.6) is 0 Å². The van der Waals surface area contributed by atoms with Gasteiger partial charge in [0.05, 0.1) is 23.8 Å². The smallest absolute Gasteiger partial charge is 0.166 e. The van der Waals surface area contributed by atoms with Crippen LogP contribution in [0, 0.1) is 0 Å². The van der Waals surface area contributed by atoms with Crippen molar-refractivity contribution in [2.45, 2.75) is 6.54 Å². The number of nitrogens with zero attached hydrogens (tertiary/aromatic N) is 6. The molecule has 0 atom stereocenters. The van der Waals surface area contributed by atoms with Gasteiger partial charge in [0.15, 0.2) is 5.65 Å². The summed E-state index contributed by atoms with van der Waals surface area (Å²) in [5.74, 6) is 1.23. The van der Waals surface area contributed by atoms with Crippen LogP contribution in [-0.4, -0.2) is 32.0 Å². The Balaban J connectivity index is 1.97. The van der Waals surface area contributed by atoms with Gasteiger partial charge in [-0.1, -0.05) is 0 Å². The van der Waals surface area contributed by atoms with Gasteiger partial charge in [0.2, 0.25) is 0 Å². The summed E-state index contributed by atoms with van der Waals surface area (Å²) in [5, 5.41) is 0.855. The topological polar surface area (TPSA) is 93.7 Å². The lowest BCUT2D eigenvalue weighted by Crippen LogP contribution is -2.19. The highest BCUT2D eigenvalue weighted by atomic mass is 15.2. The zero-order valence-corrected chi connectivity index (χ0v) is 10.9. The summed E-state index contributed by atoms with van der Waals surface area (Å²) in [6.45, 7) is 0.602. The molecule has 100 valence electrons. The van der Waals surface area contributed by atoms with Crippen LogP contribution < -0.4 is 10.6 Å². The SMILES string of the molecule is CN(Cc1cnccn1)c1ncnc2nc(N)ccc12. The maximum Gasteiger partial charge on any atom is 0.166 e. The third-order valence-electron chi connectivity index (χ3n) is 2.87. The van der Waals surface area contributed by atoms with Crippen molar-refractivity contribution in [3.05, 3.63) is 42.7 Å². The molecule has 0 unspecified atom stereocenters. The van der Waals surface area contributed by atoms with Crippen molar-refractivity contribution in [1.29, 1.82) is 0 Å². The molecule has 0 radical (unpaired) electrons. The van der Waals surface area contributed by atoms with Crippen molar-refractivity contribution < 1.29 is 0 Å². The van der Waals surface area contributed by atoms with Gasteiger partial charge in [0.25, 0.3) is 0 Å². The zero-order chi connectivity index (χ0) is 13.9. The highest BCUT2D eigenvalue weighted by Gasteiger charge is 2.10. The van der Waals surface area contributed by atoms with E-state index in [-0.39, 0.29) is 0 Å². The Bertz CT molecular complexity index is 729. The second-order valence-electron chi connectivity index (χ2n) is 4.36. The van der Waals surface area contributed by atoms with E-state index in [1.54, 1.807) is 24.7 Å². The van der Waals surface area contributed by atoms with Crippen molar-refractivity contribution in [2.75, 3.05) is 17.7 Å². The van der Waals surface area contributed by atoms with E-state index in [0.717, 1.165) is 16.9 Å². The first kappa shape index (κ1) is 12.2. The van der Waals surface area contributed by atoms with Gasteiger partial charge in [-0.15, -0.1) is 0 Å². The Morgan fingerprint density at radius 2 is 2.05 bits per heavy atom. The molecule has 0 aliphatic heterocycles. The maximum atomic E-state index is 5.67. The summed E-state index contributed by atoms with van der Waals surface area (Å²) < 4.78 is 0. The zero-order valence-electron chi connectivity index (χ0n) is 10.9. The summed E-state index contributed by atoms with van der Waals surface area (Å²) in [6, 6.07) is 3.62. The minimum Gasteiger partial charge on any atom is -0.384 e. The van der Waals surface area contributed by atoms with Crippen LogP contribution in [0.1, 0.15) is 5.69 Å². The van der Waals surface area contributed by atoms with Crippen molar-refractivity contribution in [3.63, 3.8) is 0 Å². The number of hydrogen-bond donors (Lipinski definition) is 1. The minimum atomic E-state index is 0.443. The Labute approximate surface area is 115 Å². The Morgan fingerprint density at radius 3 is 2.85 bits per heavy atom. The number of hydrogen-bond acceptors (Lipinski definition) is 7. The minimum absolute atomic E-state index is 0.443. The highest BCUT2D eigenvalue weighted by molar-refractivity contribution is 5.87. The molecular formula is C13H13N7. The van der Waals surface area contributed by atoms with Gasteiger partial charge in [-0.05, 0) is 12.1 Å². The van der Waals surface area contributed by atoms with Crippen LogP contribution >= 0.6 is 0 Å². The number of fused-ring (bicyclic) bond motifs is 1. The average molecular weight is 267 g/mol. The average Bonchev–Trinajstić information content (AvgIpc) is 2.47. The largest absolute Gasteiger partial charge is 0.384 e. The van der Waals surface area contributed by atoms with Gasteiger partial charge in [-0.2, -0.15) is 0 Å². The number of pyridine rings is 1. The van der Waals surface area contributed by atoms with Crippen LogP contribution in [-0.2, 0) is 6.54 Å². The Hall–Kier alpha value is -2.83. The first-order chi connectivity index (χ1) is 9.74. The van der Waals surface area contributed by atoms with E-state index in [1.165, 1.54) is 6.33 Å². The van der Waals surface area contributed by atoms with Gasteiger partial charge in [0, 0.05) is 19.4 Å². The fraction of sp³-hybridized carbons (Fsp3) is 0.154. The van der Waals surface area contributed by atoms with Crippen molar-refractivity contribution in [3.8, 4) is 0 Å². The summed E-state index contributed by atoms with van der Waals surface area (Å²) in [6.07, 6.45) is 6.53. The van der Waals surface area contributed by atoms with Crippen LogP contribution in [0.25, 0.3) is 11.0 Å². The predicted octanol–water partition coefficient (Wildman–Crippen LogP) is 1.03. The molecule has 0 aliphatic carbocycles. The quantitative estimate of drug-likeness (QED) is 0.757. The molecule has 0 spiro atoms. The fourth-order valence-corrected chi connectivity index (χ4v) is 1.98. The maximum absolute atomic E-state index is 5.67. The molecule has 0 saturated heterocycles. The molecule has 2 N–H and O–H groups in total. The lowest BCUT2D eigenvalue weighted by Gasteiger charge is -2.18. The number of aromatic nitrogens is 5. The Morgan fingerprint density at radius 1 is 1.15 bits per heavy atom. The van der Waals surface area contributed by atoms with Gasteiger partial charge in [0.1, 0.15) is 18.0 Å². The summed E-state index contributed by atoms with van der Waals surface area (Å²) in [7, 11) is 1.94. The molecule has 0 amide bonds. The molecule has 0 fully saturated rings. The summed E-state index contributed by atoms with van der Waals surface area (Å²) in [4.78, 5) is 22.9. The van der Waals surface area contributed by atoms with Crippen LogP contribution in [0.3, 0.4) is 0 Å². The number of nitrogens with two attached hydrogens (primary N) is 1. The molecule has 3 aromatic heterocycles. The van der Waals surface area contributed by atoms with E-state index in [4.69, 9.17) is 5.73 Å². The van der Waals surface area contributed by atoms with Gasteiger partial charge >= 0.3 is 0 Å². The highest BCUT2D eigenvalue weighted by Crippen LogP contribution is 2.22. The van der Waals surface area contributed by atoms with Gasteiger partial charge < -0.3 is 10.6 Å². The van der Waals surface area contributed by atoms with E-state index in [2.05, 4.69) is 24.9 Å². The summed E-state index contributed by atoms with van der Waals surface area (Å²) >= 11 is 0. The van der Waals surface area contributed by atoms with E-state index in [1.807, 2.05) is 18.0 Å². The van der Waals surface area contributed by atoms with E-state index in [9.17, 15) is 0 Å². The second-order valence-corrected chi connectivity index (χ2v) is 4.36. The molecule has 3 aromatic rings. The first-order valence-electron chi connectivity index (χ1n) is 6.07. The number of nitrogen functional groups attached to an aromatic ring is 1.